The van der Waals surface area contributed by atoms with Crippen LogP contribution in [0.15, 0.2) is 24.3 Å². The number of rotatable bonds is 5. The summed E-state index contributed by atoms with van der Waals surface area (Å²) in [4.78, 5) is 14.6. The van der Waals surface area contributed by atoms with Crippen molar-refractivity contribution in [1.82, 2.24) is 4.90 Å². The molecule has 3 heteroatoms. The van der Waals surface area contributed by atoms with E-state index in [9.17, 15) is 4.79 Å². The molecule has 3 rings (SSSR count). The number of hydrogen-bond acceptors (Lipinski definition) is 2. The van der Waals surface area contributed by atoms with Crippen LogP contribution in [0.25, 0.3) is 0 Å². The Hall–Kier alpha value is -1.35. The van der Waals surface area contributed by atoms with E-state index < -0.39 is 0 Å². The minimum Gasteiger partial charge on any atom is -0.384 e. The molecule has 0 saturated heterocycles. The fourth-order valence-corrected chi connectivity index (χ4v) is 4.08. The molecule has 21 heavy (non-hydrogen) atoms. The highest BCUT2D eigenvalue weighted by Crippen LogP contribution is 2.61. The Labute approximate surface area is 127 Å². The lowest BCUT2D eigenvalue weighted by Crippen LogP contribution is -2.35. The molecule has 3 atom stereocenters. The van der Waals surface area contributed by atoms with Crippen LogP contribution in [0.3, 0.4) is 0 Å². The van der Waals surface area contributed by atoms with Gasteiger partial charge in [0, 0.05) is 32.0 Å². The second-order valence-corrected chi connectivity index (χ2v) is 6.85. The Morgan fingerprint density at radius 1 is 1.48 bits per heavy atom. The molecule has 114 valence electrons. The molecule has 0 aliphatic heterocycles. The zero-order valence-corrected chi connectivity index (χ0v) is 13.3. The molecule has 0 heterocycles. The van der Waals surface area contributed by atoms with Gasteiger partial charge in [-0.3, -0.25) is 4.79 Å². The van der Waals surface area contributed by atoms with Gasteiger partial charge >= 0.3 is 0 Å². The maximum atomic E-state index is 12.7. The monoisotopic (exact) mass is 287 g/mol. The number of carbonyl (C=O) groups is 1. The first-order valence-corrected chi connectivity index (χ1v) is 7.91. The maximum Gasteiger partial charge on any atom is 0.226 e. The molecule has 1 spiro atoms. The molecule has 3 nitrogen and oxygen atoms in total. The van der Waals surface area contributed by atoms with E-state index in [1.807, 2.05) is 11.9 Å². The average molecular weight is 287 g/mol. The van der Waals surface area contributed by atoms with Gasteiger partial charge in [0.05, 0.1) is 6.61 Å². The summed E-state index contributed by atoms with van der Waals surface area (Å²) in [6.07, 6.45) is 3.31. The predicted molar refractivity (Wildman–Crippen MR) is 83.2 cm³/mol. The molecule has 3 unspecified atom stereocenters. The summed E-state index contributed by atoms with van der Waals surface area (Å²) in [5.41, 5.74) is 3.04. The van der Waals surface area contributed by atoms with Gasteiger partial charge in [-0.2, -0.15) is 0 Å². The van der Waals surface area contributed by atoms with E-state index in [4.69, 9.17) is 4.74 Å². The summed E-state index contributed by atoms with van der Waals surface area (Å²) in [5, 5.41) is 0. The summed E-state index contributed by atoms with van der Waals surface area (Å²) in [7, 11) is 3.64. The van der Waals surface area contributed by atoms with Crippen molar-refractivity contribution in [1.29, 1.82) is 0 Å². The van der Waals surface area contributed by atoms with Crippen LogP contribution in [-0.4, -0.2) is 38.1 Å². The summed E-state index contributed by atoms with van der Waals surface area (Å²) >= 11 is 0. The zero-order valence-electron chi connectivity index (χ0n) is 13.3. The fourth-order valence-electron chi connectivity index (χ4n) is 4.08. The molecule has 2 aliphatic rings. The zero-order chi connectivity index (χ0) is 15.0. The Morgan fingerprint density at radius 2 is 2.24 bits per heavy atom. The summed E-state index contributed by atoms with van der Waals surface area (Å²) in [6, 6.07) is 8.66. The van der Waals surface area contributed by atoms with E-state index >= 15 is 0 Å². The van der Waals surface area contributed by atoms with E-state index in [0.29, 0.717) is 18.4 Å². The smallest absolute Gasteiger partial charge is 0.226 e. The van der Waals surface area contributed by atoms with Crippen LogP contribution in [0, 0.1) is 11.8 Å². The summed E-state index contributed by atoms with van der Waals surface area (Å²) in [5.74, 6) is 0.894. The maximum absolute atomic E-state index is 12.7. The van der Waals surface area contributed by atoms with Gasteiger partial charge in [-0.1, -0.05) is 31.2 Å². The Morgan fingerprint density at radius 3 is 3.00 bits per heavy atom. The van der Waals surface area contributed by atoms with Crippen LogP contribution in [-0.2, 0) is 21.4 Å². The third kappa shape index (κ3) is 2.48. The van der Waals surface area contributed by atoms with Crippen molar-refractivity contribution in [2.24, 2.45) is 11.8 Å². The normalized spacial score (nSPS) is 27.5. The van der Waals surface area contributed by atoms with E-state index in [-0.39, 0.29) is 11.3 Å². The summed E-state index contributed by atoms with van der Waals surface area (Å²) < 4.78 is 5.16. The van der Waals surface area contributed by atoms with Crippen molar-refractivity contribution in [3.63, 3.8) is 0 Å². The molecular formula is C18H25NO2. The van der Waals surface area contributed by atoms with Crippen LogP contribution < -0.4 is 0 Å². The topological polar surface area (TPSA) is 29.5 Å². The Bertz CT molecular complexity index is 542. The molecule has 1 aromatic carbocycles. The van der Waals surface area contributed by atoms with Crippen molar-refractivity contribution >= 4 is 5.91 Å². The standard InChI is InChI=1S/C18H25NO2/c1-13(12-21-3)11-19(2)17(20)16-10-18(16)9-8-14-6-4-5-7-15(14)18/h4-7,13,16H,8-12H2,1-3H3. The molecule has 1 saturated carbocycles. The van der Waals surface area contributed by atoms with Gasteiger partial charge in [-0.25, -0.2) is 0 Å². The molecule has 1 fully saturated rings. The van der Waals surface area contributed by atoms with E-state index in [0.717, 1.165) is 25.8 Å². The van der Waals surface area contributed by atoms with Crippen LogP contribution in [0.4, 0.5) is 0 Å². The van der Waals surface area contributed by atoms with Gasteiger partial charge in [0.2, 0.25) is 5.91 Å². The lowest BCUT2D eigenvalue weighted by atomic mass is 9.95. The third-order valence-corrected chi connectivity index (χ3v) is 5.18. The van der Waals surface area contributed by atoms with Crippen molar-refractivity contribution in [3.05, 3.63) is 35.4 Å². The average Bonchev–Trinajstić information content (AvgIpc) is 3.08. The Balaban J connectivity index is 1.67. The molecule has 0 bridgehead atoms. The molecule has 0 radical (unpaired) electrons. The summed E-state index contributed by atoms with van der Waals surface area (Å²) in [6.45, 7) is 3.61. The first-order valence-electron chi connectivity index (χ1n) is 7.91. The lowest BCUT2D eigenvalue weighted by molar-refractivity contribution is -0.132. The van der Waals surface area contributed by atoms with Gasteiger partial charge in [0.1, 0.15) is 0 Å². The third-order valence-electron chi connectivity index (χ3n) is 5.18. The number of amides is 1. The lowest BCUT2D eigenvalue weighted by Gasteiger charge is -2.22. The SMILES string of the molecule is COCC(C)CN(C)C(=O)C1CC12CCc1ccccc12. The first kappa shape index (κ1) is 14.6. The van der Waals surface area contributed by atoms with E-state index in [1.165, 1.54) is 11.1 Å². The largest absolute Gasteiger partial charge is 0.384 e. The van der Waals surface area contributed by atoms with E-state index in [1.54, 1.807) is 7.11 Å². The second-order valence-electron chi connectivity index (χ2n) is 6.85. The molecule has 2 aliphatic carbocycles. The van der Waals surface area contributed by atoms with Gasteiger partial charge in [0.15, 0.2) is 0 Å². The number of hydrogen-bond donors (Lipinski definition) is 0. The number of fused-ring (bicyclic) bond motifs is 2. The highest BCUT2D eigenvalue weighted by atomic mass is 16.5. The van der Waals surface area contributed by atoms with Crippen LogP contribution in [0.2, 0.25) is 0 Å². The van der Waals surface area contributed by atoms with Crippen LogP contribution in [0.1, 0.15) is 30.9 Å². The van der Waals surface area contributed by atoms with E-state index in [2.05, 4.69) is 31.2 Å². The van der Waals surface area contributed by atoms with Gasteiger partial charge < -0.3 is 9.64 Å². The highest BCUT2D eigenvalue weighted by Gasteiger charge is 2.61. The van der Waals surface area contributed by atoms with Gasteiger partial charge in [0.25, 0.3) is 0 Å². The minimum atomic E-state index is 0.159. The minimum absolute atomic E-state index is 0.159. The predicted octanol–water partition coefficient (Wildman–Crippen LogP) is 2.63. The van der Waals surface area contributed by atoms with Crippen molar-refractivity contribution in [3.8, 4) is 0 Å². The Kier molecular flexibility index (Phi) is 3.78. The highest BCUT2D eigenvalue weighted by molar-refractivity contribution is 5.84. The number of nitrogens with zero attached hydrogens (tertiary/aromatic N) is 1. The van der Waals surface area contributed by atoms with Crippen LogP contribution in [0.5, 0.6) is 0 Å². The quantitative estimate of drug-likeness (QED) is 0.833. The molecule has 1 amide bonds. The van der Waals surface area contributed by atoms with Crippen LogP contribution >= 0.6 is 0 Å². The number of aryl methyl sites for hydroxylation is 1. The van der Waals surface area contributed by atoms with Gasteiger partial charge in [-0.05, 0) is 36.3 Å². The number of carbonyl (C=O) groups excluding carboxylic acids is 1. The molecule has 0 N–H and O–H groups in total. The number of benzene rings is 1. The number of ether oxygens (including phenoxy) is 1. The van der Waals surface area contributed by atoms with Gasteiger partial charge in [-0.15, -0.1) is 0 Å². The molecule has 0 aromatic heterocycles. The first-order chi connectivity index (χ1) is 10.1. The fraction of sp³-hybridized carbons (Fsp3) is 0.611. The van der Waals surface area contributed by atoms with Crippen molar-refractivity contribution in [2.75, 3.05) is 27.3 Å². The van der Waals surface area contributed by atoms with Crippen molar-refractivity contribution in [2.45, 2.75) is 31.6 Å². The molecule has 1 aromatic rings. The number of methoxy groups -OCH3 is 1. The van der Waals surface area contributed by atoms with Crippen molar-refractivity contribution < 1.29 is 9.53 Å². The second kappa shape index (κ2) is 5.45. The molecular weight excluding hydrogens is 262 g/mol.